The smallest absolute Gasteiger partial charge is 0.262 e. The summed E-state index contributed by atoms with van der Waals surface area (Å²) in [5.74, 6) is 1.42. The van der Waals surface area contributed by atoms with Crippen molar-refractivity contribution in [3.8, 4) is 11.5 Å². The number of rotatable bonds is 5. The molecule has 0 aliphatic carbocycles. The van der Waals surface area contributed by atoms with E-state index < -0.39 is 10.0 Å². The van der Waals surface area contributed by atoms with Crippen LogP contribution in [0.2, 0.25) is 0 Å². The summed E-state index contributed by atoms with van der Waals surface area (Å²) >= 11 is 0. The number of hydrogen-bond donors (Lipinski definition) is 1. The van der Waals surface area contributed by atoms with Crippen LogP contribution in [0.25, 0.3) is 0 Å². The highest BCUT2D eigenvalue weighted by Crippen LogP contribution is 2.31. The van der Waals surface area contributed by atoms with Gasteiger partial charge in [0.15, 0.2) is 17.6 Å². The Morgan fingerprint density at radius 2 is 1.77 bits per heavy atom. The number of hydrogen-bond acceptors (Lipinski definition) is 5. The van der Waals surface area contributed by atoms with Gasteiger partial charge in [-0.25, -0.2) is 8.42 Å². The van der Waals surface area contributed by atoms with E-state index in [0.717, 1.165) is 28.0 Å². The van der Waals surface area contributed by atoms with Gasteiger partial charge < -0.3 is 9.47 Å². The number of anilines is 1. The van der Waals surface area contributed by atoms with E-state index in [0.29, 0.717) is 29.5 Å². The van der Waals surface area contributed by atoms with E-state index in [-0.39, 0.29) is 6.10 Å². The number of sulfonamides is 1. The van der Waals surface area contributed by atoms with Gasteiger partial charge in [-0.05, 0) is 62.1 Å². The Kier molecular flexibility index (Phi) is 5.19. The summed E-state index contributed by atoms with van der Waals surface area (Å²) in [4.78, 5) is 0.327. The lowest BCUT2D eigenvalue weighted by Gasteiger charge is -2.26. The van der Waals surface area contributed by atoms with Crippen molar-refractivity contribution in [1.29, 1.82) is 0 Å². The number of nitrogens with one attached hydrogen (secondary N) is 1. The third-order valence-corrected chi connectivity index (χ3v) is 7.06. The number of para-hydroxylation sites is 2. The van der Waals surface area contributed by atoms with E-state index >= 15 is 0 Å². The molecule has 158 valence electrons. The molecule has 1 aliphatic rings. The molecule has 1 aliphatic heterocycles. The summed E-state index contributed by atoms with van der Waals surface area (Å²) in [7, 11) is -3.74. The molecule has 8 heteroatoms. The first-order valence-corrected chi connectivity index (χ1v) is 11.2. The number of fused-ring (bicyclic) bond motifs is 1. The molecule has 3 aromatic rings. The third-order valence-electron chi connectivity index (χ3n) is 5.41. The zero-order chi connectivity index (χ0) is 21.5. The molecular weight excluding hydrogens is 402 g/mol. The number of benzene rings is 2. The maximum absolute atomic E-state index is 13.1. The van der Waals surface area contributed by atoms with E-state index in [9.17, 15) is 8.42 Å². The van der Waals surface area contributed by atoms with Crippen LogP contribution in [-0.2, 0) is 16.6 Å². The van der Waals surface area contributed by atoms with Gasteiger partial charge in [0.2, 0.25) is 0 Å². The van der Waals surface area contributed by atoms with Crippen molar-refractivity contribution in [1.82, 2.24) is 9.78 Å². The van der Waals surface area contributed by atoms with Gasteiger partial charge in [-0.15, -0.1) is 0 Å². The zero-order valence-corrected chi connectivity index (χ0v) is 18.3. The molecule has 1 atom stereocenters. The minimum Gasteiger partial charge on any atom is -0.486 e. The van der Waals surface area contributed by atoms with Gasteiger partial charge in [-0.3, -0.25) is 9.40 Å². The van der Waals surface area contributed by atoms with Crippen LogP contribution in [0.15, 0.2) is 47.6 Å². The second-order valence-corrected chi connectivity index (χ2v) is 9.26. The van der Waals surface area contributed by atoms with Crippen molar-refractivity contribution >= 4 is 15.7 Å². The van der Waals surface area contributed by atoms with Crippen LogP contribution >= 0.6 is 0 Å². The van der Waals surface area contributed by atoms with Crippen molar-refractivity contribution in [2.45, 2.75) is 45.2 Å². The molecule has 2 aromatic carbocycles. The molecule has 7 nitrogen and oxygen atoms in total. The summed E-state index contributed by atoms with van der Waals surface area (Å²) < 4.78 is 42.2. The van der Waals surface area contributed by atoms with Gasteiger partial charge in [-0.2, -0.15) is 5.10 Å². The van der Waals surface area contributed by atoms with E-state index in [1.165, 1.54) is 6.20 Å². The normalized spacial score (nSPS) is 15.8. The fourth-order valence-electron chi connectivity index (χ4n) is 3.67. The highest BCUT2D eigenvalue weighted by Gasteiger charge is 2.24. The Morgan fingerprint density at radius 3 is 2.47 bits per heavy atom. The first kappa shape index (κ1) is 20.3. The number of aryl methyl sites for hydroxylation is 2. The fourth-order valence-corrected chi connectivity index (χ4v) is 5.31. The zero-order valence-electron chi connectivity index (χ0n) is 17.5. The van der Waals surface area contributed by atoms with Gasteiger partial charge in [0.1, 0.15) is 6.61 Å². The predicted octanol–water partition coefficient (Wildman–Crippen LogP) is 3.76. The molecule has 0 saturated carbocycles. The summed E-state index contributed by atoms with van der Waals surface area (Å²) in [6.07, 6.45) is 2.95. The van der Waals surface area contributed by atoms with Gasteiger partial charge in [0.25, 0.3) is 10.0 Å². The molecule has 4 rings (SSSR count). The standard InChI is InChI=1S/C22H25N3O4S/c1-14-9-15(2)17(4)22(16(14)3)30(26,27)24-18-10-23-25(11-18)12-19-13-28-20-7-5-6-8-21(20)29-19/h5-11,19,24H,12-13H2,1-4H3. The van der Waals surface area contributed by atoms with Crippen molar-refractivity contribution in [3.63, 3.8) is 0 Å². The molecule has 1 unspecified atom stereocenters. The molecule has 0 spiro atoms. The lowest BCUT2D eigenvalue weighted by Crippen LogP contribution is -2.33. The molecule has 0 amide bonds. The molecule has 0 fully saturated rings. The fraction of sp³-hybridized carbons (Fsp3) is 0.318. The predicted molar refractivity (Wildman–Crippen MR) is 115 cm³/mol. The summed E-state index contributed by atoms with van der Waals surface area (Å²) in [5, 5.41) is 4.28. The quantitative estimate of drug-likeness (QED) is 0.670. The Bertz CT molecular complexity index is 1170. The van der Waals surface area contributed by atoms with Crippen molar-refractivity contribution in [3.05, 3.63) is 65.0 Å². The first-order valence-electron chi connectivity index (χ1n) is 9.76. The van der Waals surface area contributed by atoms with Crippen LogP contribution in [0.4, 0.5) is 5.69 Å². The molecule has 1 aromatic heterocycles. The summed E-state index contributed by atoms with van der Waals surface area (Å²) in [6.45, 7) is 8.35. The Morgan fingerprint density at radius 1 is 1.10 bits per heavy atom. The average molecular weight is 428 g/mol. The Labute approximate surface area is 176 Å². The molecule has 30 heavy (non-hydrogen) atoms. The summed E-state index contributed by atoms with van der Waals surface area (Å²) in [6, 6.07) is 9.52. The number of nitrogens with zero attached hydrogens (tertiary/aromatic N) is 2. The van der Waals surface area contributed by atoms with E-state index in [1.54, 1.807) is 10.9 Å². The highest BCUT2D eigenvalue weighted by atomic mass is 32.2. The molecular formula is C22H25N3O4S. The second-order valence-electron chi connectivity index (χ2n) is 7.64. The maximum Gasteiger partial charge on any atom is 0.262 e. The monoisotopic (exact) mass is 427 g/mol. The topological polar surface area (TPSA) is 82.5 Å². The molecule has 0 saturated heterocycles. The van der Waals surface area contributed by atoms with Crippen LogP contribution in [0.1, 0.15) is 22.3 Å². The van der Waals surface area contributed by atoms with Crippen LogP contribution in [0.5, 0.6) is 11.5 Å². The minimum absolute atomic E-state index is 0.215. The minimum atomic E-state index is -3.74. The van der Waals surface area contributed by atoms with Crippen LogP contribution in [0.3, 0.4) is 0 Å². The Hall–Kier alpha value is -3.00. The van der Waals surface area contributed by atoms with Gasteiger partial charge >= 0.3 is 0 Å². The van der Waals surface area contributed by atoms with E-state index in [2.05, 4.69) is 9.82 Å². The Balaban J connectivity index is 1.50. The number of aromatic nitrogens is 2. The number of ether oxygens (including phenoxy) is 2. The van der Waals surface area contributed by atoms with Crippen molar-refractivity contribution < 1.29 is 17.9 Å². The van der Waals surface area contributed by atoms with Crippen LogP contribution < -0.4 is 14.2 Å². The van der Waals surface area contributed by atoms with Crippen LogP contribution in [0, 0.1) is 27.7 Å². The van der Waals surface area contributed by atoms with E-state index in [4.69, 9.17) is 9.47 Å². The molecule has 0 radical (unpaired) electrons. The largest absolute Gasteiger partial charge is 0.486 e. The molecule has 0 bridgehead atoms. The van der Waals surface area contributed by atoms with Gasteiger partial charge in [0.05, 0.1) is 23.3 Å². The first-order chi connectivity index (χ1) is 14.2. The van der Waals surface area contributed by atoms with Crippen molar-refractivity contribution in [2.75, 3.05) is 11.3 Å². The van der Waals surface area contributed by atoms with Crippen molar-refractivity contribution in [2.24, 2.45) is 0 Å². The second kappa shape index (κ2) is 7.68. The highest BCUT2D eigenvalue weighted by molar-refractivity contribution is 7.92. The third kappa shape index (κ3) is 3.87. The maximum atomic E-state index is 13.1. The summed E-state index contributed by atoms with van der Waals surface area (Å²) in [5.41, 5.74) is 3.81. The lowest BCUT2D eigenvalue weighted by atomic mass is 10.0. The van der Waals surface area contributed by atoms with E-state index in [1.807, 2.05) is 58.0 Å². The molecule has 2 heterocycles. The van der Waals surface area contributed by atoms with Gasteiger partial charge in [0, 0.05) is 6.20 Å². The SMILES string of the molecule is Cc1cc(C)c(C)c(S(=O)(=O)Nc2cnn(CC3COc4ccccc4O3)c2)c1C. The van der Waals surface area contributed by atoms with Gasteiger partial charge in [-0.1, -0.05) is 18.2 Å². The lowest BCUT2D eigenvalue weighted by molar-refractivity contribution is 0.0759. The molecule has 1 N–H and O–H groups in total. The van der Waals surface area contributed by atoms with Crippen LogP contribution in [-0.4, -0.2) is 30.9 Å². The average Bonchev–Trinajstić information content (AvgIpc) is 3.12.